The van der Waals surface area contributed by atoms with Gasteiger partial charge in [0, 0.05) is 11.0 Å². The number of carbonyl (C=O) groups excluding carboxylic acids is 1. The van der Waals surface area contributed by atoms with Gasteiger partial charge in [0.2, 0.25) is 0 Å². The minimum atomic E-state index is -1.31. The summed E-state index contributed by atoms with van der Waals surface area (Å²) < 4.78 is 1.03. The van der Waals surface area contributed by atoms with Crippen LogP contribution < -0.4 is 5.32 Å². The fourth-order valence-electron chi connectivity index (χ4n) is 1.23. The molecule has 1 rings (SSSR count). The van der Waals surface area contributed by atoms with E-state index in [0.717, 1.165) is 16.5 Å². The lowest BCUT2D eigenvalue weighted by atomic mass is 10.1. The lowest BCUT2D eigenvalue weighted by molar-refractivity contribution is -0.136. The van der Waals surface area contributed by atoms with Crippen LogP contribution in [0.15, 0.2) is 28.7 Å². The number of carbonyl (C=O) groups is 1. The van der Waals surface area contributed by atoms with E-state index in [2.05, 4.69) is 21.2 Å². The van der Waals surface area contributed by atoms with E-state index in [4.69, 9.17) is 0 Å². The van der Waals surface area contributed by atoms with Crippen LogP contribution in [0, 0.1) is 0 Å². The Morgan fingerprint density at radius 2 is 2.06 bits per heavy atom. The number of benzene rings is 1. The summed E-state index contributed by atoms with van der Waals surface area (Å²) in [6, 6.07) is 7.87. The molecule has 1 amide bonds. The Labute approximate surface area is 104 Å². The summed E-state index contributed by atoms with van der Waals surface area (Å²) in [5.74, 6) is -0.348. The summed E-state index contributed by atoms with van der Waals surface area (Å²) in [6.45, 7) is 3.47. The maximum absolute atomic E-state index is 11.4. The van der Waals surface area contributed by atoms with Crippen LogP contribution in [-0.2, 0) is 11.2 Å². The van der Waals surface area contributed by atoms with Crippen LogP contribution in [-0.4, -0.2) is 23.2 Å². The molecule has 0 aromatic heterocycles. The molecule has 0 radical (unpaired) electrons. The van der Waals surface area contributed by atoms with E-state index < -0.39 is 5.60 Å². The molecule has 4 heteroatoms. The zero-order valence-corrected chi connectivity index (χ0v) is 11.0. The second kappa shape index (κ2) is 5.46. The van der Waals surface area contributed by atoms with Crippen molar-refractivity contribution in [2.75, 3.05) is 6.54 Å². The SMILES string of the molecule is CC(C)(O)C(=O)NCCc1ccccc1Br. The number of hydrogen-bond donors (Lipinski definition) is 2. The molecular formula is C12H16BrNO2. The van der Waals surface area contributed by atoms with Crippen LogP contribution in [0.25, 0.3) is 0 Å². The number of aliphatic hydroxyl groups is 1. The van der Waals surface area contributed by atoms with Gasteiger partial charge >= 0.3 is 0 Å². The highest BCUT2D eigenvalue weighted by atomic mass is 79.9. The molecule has 2 N–H and O–H groups in total. The van der Waals surface area contributed by atoms with Crippen molar-refractivity contribution in [3.05, 3.63) is 34.3 Å². The van der Waals surface area contributed by atoms with E-state index in [1.54, 1.807) is 0 Å². The van der Waals surface area contributed by atoms with E-state index in [0.29, 0.717) is 6.54 Å². The van der Waals surface area contributed by atoms with Gasteiger partial charge < -0.3 is 10.4 Å². The van der Waals surface area contributed by atoms with Crippen molar-refractivity contribution in [1.29, 1.82) is 0 Å². The van der Waals surface area contributed by atoms with Gasteiger partial charge in [0.25, 0.3) is 5.91 Å². The number of amides is 1. The molecule has 16 heavy (non-hydrogen) atoms. The molecule has 0 spiro atoms. The Morgan fingerprint density at radius 3 is 2.62 bits per heavy atom. The number of hydrogen-bond acceptors (Lipinski definition) is 2. The van der Waals surface area contributed by atoms with Crippen molar-refractivity contribution in [1.82, 2.24) is 5.32 Å². The van der Waals surface area contributed by atoms with Crippen LogP contribution in [0.2, 0.25) is 0 Å². The third kappa shape index (κ3) is 3.94. The van der Waals surface area contributed by atoms with Crippen molar-refractivity contribution in [2.24, 2.45) is 0 Å². The molecule has 0 saturated carbocycles. The maximum Gasteiger partial charge on any atom is 0.251 e. The average Bonchev–Trinajstić information content (AvgIpc) is 2.19. The van der Waals surface area contributed by atoms with Crippen LogP contribution in [0.3, 0.4) is 0 Å². The minimum Gasteiger partial charge on any atom is -0.381 e. The number of nitrogens with one attached hydrogen (secondary N) is 1. The normalized spacial score (nSPS) is 11.2. The molecule has 0 aliphatic rings. The molecule has 0 bridgehead atoms. The van der Waals surface area contributed by atoms with Gasteiger partial charge in [-0.15, -0.1) is 0 Å². The van der Waals surface area contributed by atoms with E-state index in [1.165, 1.54) is 13.8 Å². The van der Waals surface area contributed by atoms with E-state index in [-0.39, 0.29) is 5.91 Å². The standard InChI is InChI=1S/C12H16BrNO2/c1-12(2,16)11(15)14-8-7-9-5-3-4-6-10(9)13/h3-6,16H,7-8H2,1-2H3,(H,14,15). The molecular weight excluding hydrogens is 270 g/mol. The fourth-order valence-corrected chi connectivity index (χ4v) is 1.71. The van der Waals surface area contributed by atoms with Gasteiger partial charge in [-0.3, -0.25) is 4.79 Å². The summed E-state index contributed by atoms with van der Waals surface area (Å²) in [7, 11) is 0. The van der Waals surface area contributed by atoms with Gasteiger partial charge in [0.15, 0.2) is 0 Å². The summed E-state index contributed by atoms with van der Waals surface area (Å²) >= 11 is 3.44. The second-order valence-electron chi connectivity index (χ2n) is 4.16. The van der Waals surface area contributed by atoms with Crippen molar-refractivity contribution in [3.63, 3.8) is 0 Å². The fraction of sp³-hybridized carbons (Fsp3) is 0.417. The van der Waals surface area contributed by atoms with Gasteiger partial charge in [-0.05, 0) is 31.9 Å². The van der Waals surface area contributed by atoms with Gasteiger partial charge in [0.1, 0.15) is 5.60 Å². The first kappa shape index (κ1) is 13.2. The zero-order valence-electron chi connectivity index (χ0n) is 9.46. The van der Waals surface area contributed by atoms with E-state index >= 15 is 0 Å². The Balaban J connectivity index is 2.43. The van der Waals surface area contributed by atoms with E-state index in [1.807, 2.05) is 24.3 Å². The number of rotatable bonds is 4. The Hall–Kier alpha value is -0.870. The van der Waals surface area contributed by atoms with Crippen LogP contribution in [0.5, 0.6) is 0 Å². The predicted octanol–water partition coefficient (Wildman–Crippen LogP) is 1.88. The molecule has 1 aromatic rings. The molecule has 1 aromatic carbocycles. The largest absolute Gasteiger partial charge is 0.381 e. The topological polar surface area (TPSA) is 49.3 Å². The lowest BCUT2D eigenvalue weighted by Crippen LogP contribution is -2.42. The first-order chi connectivity index (χ1) is 7.41. The molecule has 0 fully saturated rings. The smallest absolute Gasteiger partial charge is 0.251 e. The molecule has 0 saturated heterocycles. The quantitative estimate of drug-likeness (QED) is 0.888. The zero-order chi connectivity index (χ0) is 12.2. The molecule has 0 aliphatic carbocycles. The average molecular weight is 286 g/mol. The second-order valence-corrected chi connectivity index (χ2v) is 5.01. The van der Waals surface area contributed by atoms with Crippen LogP contribution in [0.4, 0.5) is 0 Å². The highest BCUT2D eigenvalue weighted by molar-refractivity contribution is 9.10. The van der Waals surface area contributed by atoms with Crippen LogP contribution in [0.1, 0.15) is 19.4 Å². The molecule has 3 nitrogen and oxygen atoms in total. The third-order valence-corrected chi connectivity index (χ3v) is 2.97. The lowest BCUT2D eigenvalue weighted by Gasteiger charge is -2.16. The van der Waals surface area contributed by atoms with Crippen LogP contribution >= 0.6 is 15.9 Å². The Kier molecular flexibility index (Phi) is 4.50. The molecule has 0 atom stereocenters. The van der Waals surface area contributed by atoms with Gasteiger partial charge in [-0.2, -0.15) is 0 Å². The molecule has 88 valence electrons. The summed E-state index contributed by atoms with van der Waals surface area (Å²) in [5.41, 5.74) is -0.174. The Morgan fingerprint density at radius 1 is 1.44 bits per heavy atom. The minimum absolute atomic E-state index is 0.348. The first-order valence-corrected chi connectivity index (χ1v) is 5.94. The maximum atomic E-state index is 11.4. The summed E-state index contributed by atoms with van der Waals surface area (Å²) in [6.07, 6.45) is 0.739. The predicted molar refractivity (Wildman–Crippen MR) is 67.2 cm³/mol. The van der Waals surface area contributed by atoms with Gasteiger partial charge in [0.05, 0.1) is 0 Å². The van der Waals surface area contributed by atoms with Gasteiger partial charge in [-0.25, -0.2) is 0 Å². The summed E-state index contributed by atoms with van der Waals surface area (Å²) in [5, 5.41) is 12.1. The monoisotopic (exact) mass is 285 g/mol. The summed E-state index contributed by atoms with van der Waals surface area (Å²) in [4.78, 5) is 11.4. The molecule has 0 aliphatic heterocycles. The van der Waals surface area contributed by atoms with Crippen molar-refractivity contribution >= 4 is 21.8 Å². The highest BCUT2D eigenvalue weighted by Gasteiger charge is 2.22. The molecule has 0 unspecified atom stereocenters. The third-order valence-electron chi connectivity index (χ3n) is 2.19. The highest BCUT2D eigenvalue weighted by Crippen LogP contribution is 2.15. The van der Waals surface area contributed by atoms with E-state index in [9.17, 15) is 9.90 Å². The number of halogens is 1. The first-order valence-electron chi connectivity index (χ1n) is 5.15. The van der Waals surface area contributed by atoms with Crippen molar-refractivity contribution in [2.45, 2.75) is 25.9 Å². The van der Waals surface area contributed by atoms with Crippen molar-refractivity contribution in [3.8, 4) is 0 Å². The van der Waals surface area contributed by atoms with Crippen molar-refractivity contribution < 1.29 is 9.90 Å². The Bertz CT molecular complexity index is 372. The van der Waals surface area contributed by atoms with Gasteiger partial charge in [-0.1, -0.05) is 34.1 Å². The molecule has 0 heterocycles.